The molecular weight excluding hydrogens is 180 g/mol. The monoisotopic (exact) mass is 200 g/mol. The Hall–Kier alpha value is -1.10. The molecule has 0 spiro atoms. The zero-order valence-electron chi connectivity index (χ0n) is 9.11. The average Bonchev–Trinajstić information content (AvgIpc) is 1.95. The maximum absolute atomic E-state index is 11.0. The van der Waals surface area contributed by atoms with E-state index in [-0.39, 0.29) is 17.3 Å². The molecule has 0 atom stereocenters. The van der Waals surface area contributed by atoms with Gasteiger partial charge in [0.2, 0.25) is 5.91 Å². The van der Waals surface area contributed by atoms with Crippen LogP contribution in [0.25, 0.3) is 0 Å². The van der Waals surface area contributed by atoms with E-state index in [9.17, 15) is 4.79 Å². The Morgan fingerprint density at radius 2 is 2.00 bits per heavy atom. The maximum Gasteiger partial charge on any atom is 0.227 e. The summed E-state index contributed by atoms with van der Waals surface area (Å²) in [6, 6.07) is 0. The van der Waals surface area contributed by atoms with Gasteiger partial charge in [0.15, 0.2) is 5.96 Å². The molecule has 0 bridgehead atoms. The van der Waals surface area contributed by atoms with Crippen LogP contribution in [0.5, 0.6) is 0 Å². The molecule has 0 aromatic heterocycles. The van der Waals surface area contributed by atoms with E-state index in [1.807, 2.05) is 0 Å². The van der Waals surface area contributed by atoms with Crippen molar-refractivity contribution in [2.24, 2.45) is 11.1 Å². The molecule has 0 fully saturated rings. The van der Waals surface area contributed by atoms with Crippen molar-refractivity contribution in [1.82, 2.24) is 10.6 Å². The van der Waals surface area contributed by atoms with Crippen molar-refractivity contribution in [2.45, 2.75) is 27.2 Å². The van der Waals surface area contributed by atoms with E-state index >= 15 is 0 Å². The molecule has 0 unspecified atom stereocenters. The lowest BCUT2D eigenvalue weighted by Gasteiger charge is -2.18. The van der Waals surface area contributed by atoms with Crippen molar-refractivity contribution in [3.8, 4) is 0 Å². The predicted octanol–water partition coefficient (Wildman–Crippen LogP) is 0.0219. The largest absolute Gasteiger partial charge is 0.370 e. The third-order valence-corrected chi connectivity index (χ3v) is 1.46. The second-order valence-corrected chi connectivity index (χ2v) is 4.45. The van der Waals surface area contributed by atoms with Gasteiger partial charge in [0, 0.05) is 19.5 Å². The molecule has 0 aromatic rings. The highest BCUT2D eigenvalue weighted by Gasteiger charge is 2.09. The summed E-state index contributed by atoms with van der Waals surface area (Å²) in [5, 5.41) is 12.2. The quantitative estimate of drug-likeness (QED) is 0.293. The zero-order chi connectivity index (χ0) is 11.2. The van der Waals surface area contributed by atoms with Crippen LogP contribution in [0.1, 0.15) is 27.2 Å². The van der Waals surface area contributed by atoms with E-state index in [0.717, 1.165) is 6.54 Å². The molecule has 0 aromatic carbocycles. The van der Waals surface area contributed by atoms with Gasteiger partial charge in [0.05, 0.1) is 0 Å². The fourth-order valence-corrected chi connectivity index (χ4v) is 0.878. The normalized spacial score (nSPS) is 11.1. The smallest absolute Gasteiger partial charge is 0.227 e. The van der Waals surface area contributed by atoms with E-state index < -0.39 is 0 Å². The first kappa shape index (κ1) is 12.9. The zero-order valence-corrected chi connectivity index (χ0v) is 9.11. The van der Waals surface area contributed by atoms with Gasteiger partial charge in [0.1, 0.15) is 0 Å². The van der Waals surface area contributed by atoms with E-state index in [0.29, 0.717) is 13.0 Å². The Morgan fingerprint density at radius 1 is 1.43 bits per heavy atom. The molecule has 0 heterocycles. The Kier molecular flexibility index (Phi) is 5.15. The van der Waals surface area contributed by atoms with Crippen molar-refractivity contribution in [1.29, 1.82) is 5.41 Å². The number of hydrogen-bond donors (Lipinski definition) is 4. The Labute approximate surface area is 84.9 Å². The SMILES string of the molecule is CC(C)(C)CNCCC(=O)NC(=N)N. The summed E-state index contributed by atoms with van der Waals surface area (Å²) in [7, 11) is 0. The van der Waals surface area contributed by atoms with Crippen LogP contribution < -0.4 is 16.4 Å². The second kappa shape index (κ2) is 5.59. The molecule has 1 amide bonds. The first-order valence-corrected chi connectivity index (χ1v) is 4.66. The van der Waals surface area contributed by atoms with Crippen molar-refractivity contribution < 1.29 is 4.79 Å². The summed E-state index contributed by atoms with van der Waals surface area (Å²) in [4.78, 5) is 11.0. The number of carbonyl (C=O) groups is 1. The minimum atomic E-state index is -0.300. The van der Waals surface area contributed by atoms with Crippen molar-refractivity contribution in [3.05, 3.63) is 0 Å². The summed E-state index contributed by atoms with van der Waals surface area (Å²) in [6.07, 6.45) is 0.343. The van der Waals surface area contributed by atoms with E-state index in [4.69, 9.17) is 11.1 Å². The molecule has 0 radical (unpaired) electrons. The molecule has 0 rings (SSSR count). The molecule has 0 aliphatic carbocycles. The lowest BCUT2D eigenvalue weighted by molar-refractivity contribution is -0.119. The van der Waals surface area contributed by atoms with Crippen LogP contribution in [-0.4, -0.2) is 25.0 Å². The third kappa shape index (κ3) is 8.99. The number of nitrogens with one attached hydrogen (secondary N) is 3. The fourth-order valence-electron chi connectivity index (χ4n) is 0.878. The van der Waals surface area contributed by atoms with E-state index in [1.165, 1.54) is 0 Å². The maximum atomic E-state index is 11.0. The number of carbonyl (C=O) groups excluding carboxylic acids is 1. The minimum absolute atomic E-state index is 0.219. The summed E-state index contributed by atoms with van der Waals surface area (Å²) in [5.41, 5.74) is 5.22. The van der Waals surface area contributed by atoms with Crippen LogP contribution in [0.4, 0.5) is 0 Å². The van der Waals surface area contributed by atoms with Crippen molar-refractivity contribution >= 4 is 11.9 Å². The van der Waals surface area contributed by atoms with Crippen molar-refractivity contribution in [2.75, 3.05) is 13.1 Å². The van der Waals surface area contributed by atoms with Crippen LogP contribution >= 0.6 is 0 Å². The van der Waals surface area contributed by atoms with Gasteiger partial charge in [-0.3, -0.25) is 15.5 Å². The van der Waals surface area contributed by atoms with Gasteiger partial charge < -0.3 is 11.1 Å². The number of hydrogen-bond acceptors (Lipinski definition) is 3. The Bertz CT molecular complexity index is 207. The van der Waals surface area contributed by atoms with Crippen LogP contribution in [0.2, 0.25) is 0 Å². The number of amides is 1. The first-order valence-electron chi connectivity index (χ1n) is 4.66. The molecule has 5 N–H and O–H groups in total. The van der Waals surface area contributed by atoms with Gasteiger partial charge in [0.25, 0.3) is 0 Å². The topological polar surface area (TPSA) is 91.0 Å². The first-order chi connectivity index (χ1) is 6.31. The average molecular weight is 200 g/mol. The van der Waals surface area contributed by atoms with Gasteiger partial charge >= 0.3 is 0 Å². The molecule has 0 saturated heterocycles. The highest BCUT2D eigenvalue weighted by atomic mass is 16.1. The summed E-state index contributed by atoms with van der Waals surface area (Å²) >= 11 is 0. The van der Waals surface area contributed by atoms with E-state index in [1.54, 1.807) is 0 Å². The third-order valence-electron chi connectivity index (χ3n) is 1.46. The highest BCUT2D eigenvalue weighted by molar-refractivity contribution is 5.94. The minimum Gasteiger partial charge on any atom is -0.370 e. The van der Waals surface area contributed by atoms with Gasteiger partial charge in [-0.05, 0) is 5.41 Å². The summed E-state index contributed by atoms with van der Waals surface area (Å²) < 4.78 is 0. The summed E-state index contributed by atoms with van der Waals surface area (Å²) in [6.45, 7) is 7.83. The van der Waals surface area contributed by atoms with Crippen LogP contribution in [-0.2, 0) is 4.79 Å². The molecular formula is C9H20N4O. The number of nitrogens with two attached hydrogens (primary N) is 1. The van der Waals surface area contributed by atoms with Gasteiger partial charge in [-0.2, -0.15) is 0 Å². The molecule has 0 saturated carbocycles. The van der Waals surface area contributed by atoms with Crippen LogP contribution in [0, 0.1) is 10.8 Å². The standard InChI is InChI=1S/C9H20N4O/c1-9(2,3)6-12-5-4-7(14)13-8(10)11/h12H,4-6H2,1-3H3,(H4,10,11,13,14). The summed E-state index contributed by atoms with van der Waals surface area (Å²) in [5.74, 6) is -0.523. The molecule has 82 valence electrons. The molecule has 14 heavy (non-hydrogen) atoms. The number of rotatable bonds is 4. The Morgan fingerprint density at radius 3 is 2.43 bits per heavy atom. The second-order valence-electron chi connectivity index (χ2n) is 4.45. The molecule has 5 nitrogen and oxygen atoms in total. The molecule has 0 aliphatic heterocycles. The van der Waals surface area contributed by atoms with Gasteiger partial charge in [-0.15, -0.1) is 0 Å². The lowest BCUT2D eigenvalue weighted by atomic mass is 9.97. The Balaban J connectivity index is 3.46. The van der Waals surface area contributed by atoms with Gasteiger partial charge in [-0.1, -0.05) is 20.8 Å². The van der Waals surface area contributed by atoms with Crippen molar-refractivity contribution in [3.63, 3.8) is 0 Å². The lowest BCUT2D eigenvalue weighted by Crippen LogP contribution is -2.38. The van der Waals surface area contributed by atoms with E-state index in [2.05, 4.69) is 31.4 Å². The van der Waals surface area contributed by atoms with Crippen LogP contribution in [0.15, 0.2) is 0 Å². The highest BCUT2D eigenvalue weighted by Crippen LogP contribution is 2.09. The van der Waals surface area contributed by atoms with Crippen LogP contribution in [0.3, 0.4) is 0 Å². The predicted molar refractivity (Wildman–Crippen MR) is 57.0 cm³/mol. The fraction of sp³-hybridized carbons (Fsp3) is 0.778. The molecule has 5 heteroatoms. The van der Waals surface area contributed by atoms with Gasteiger partial charge in [-0.25, -0.2) is 0 Å². The number of guanidine groups is 1. The molecule has 0 aliphatic rings.